The number of thiocarbonyl (C=S) groups is 1. The van der Waals surface area contributed by atoms with Gasteiger partial charge in [0.2, 0.25) is 5.91 Å². The van der Waals surface area contributed by atoms with E-state index in [9.17, 15) is 14.4 Å². The first kappa shape index (κ1) is 14.4. The second kappa shape index (κ2) is 5.93. The smallest absolute Gasteiger partial charge is 0.294 e. The number of rotatable bonds is 4. The molecule has 0 aliphatic carbocycles. The van der Waals surface area contributed by atoms with Crippen LogP contribution < -0.4 is 0 Å². The summed E-state index contributed by atoms with van der Waals surface area (Å²) in [7, 11) is 0. The third-order valence-corrected chi connectivity index (χ3v) is 5.17. The van der Waals surface area contributed by atoms with E-state index in [4.69, 9.17) is 12.2 Å². The molecule has 102 valence electrons. The summed E-state index contributed by atoms with van der Waals surface area (Å²) in [6.45, 7) is 2.41. The van der Waals surface area contributed by atoms with Gasteiger partial charge >= 0.3 is 0 Å². The molecule has 2 saturated heterocycles. The summed E-state index contributed by atoms with van der Waals surface area (Å²) in [5, 5.41) is 0.514. The number of amides is 2. The van der Waals surface area contributed by atoms with Gasteiger partial charge in [-0.15, -0.1) is 0 Å². The van der Waals surface area contributed by atoms with Crippen molar-refractivity contribution in [2.24, 2.45) is 0 Å². The minimum Gasteiger partial charge on any atom is -0.446 e. The van der Waals surface area contributed by atoms with Gasteiger partial charge in [0.15, 0.2) is 6.73 Å². The molecule has 2 heterocycles. The Morgan fingerprint density at radius 1 is 1.42 bits per heavy atom. The molecular weight excluding hydrogens is 308 g/mol. The van der Waals surface area contributed by atoms with Crippen LogP contribution in [0, 0.1) is 0 Å². The number of nitrogens with zero attached hydrogens (tertiary/aromatic N) is 2. The van der Waals surface area contributed by atoms with Gasteiger partial charge in [-0.25, -0.2) is 0 Å². The fourth-order valence-corrected chi connectivity index (χ4v) is 4.22. The predicted octanol–water partition coefficient (Wildman–Crippen LogP) is 0.742. The molecule has 0 saturated carbocycles. The molecule has 2 fully saturated rings. The van der Waals surface area contributed by atoms with Crippen LogP contribution in [0.2, 0.25) is 0 Å². The van der Waals surface area contributed by atoms with Crippen molar-refractivity contribution in [3.63, 3.8) is 0 Å². The fourth-order valence-electron chi connectivity index (χ4n) is 1.62. The normalized spacial score (nSPS) is 23.5. The summed E-state index contributed by atoms with van der Waals surface area (Å²) in [5.41, 5.74) is 0. The molecule has 2 rings (SSSR count). The van der Waals surface area contributed by atoms with Gasteiger partial charge < -0.3 is 4.74 Å². The number of likely N-dealkylation sites (N-methyl/N-ethyl adjacent to an activating group) is 1. The van der Waals surface area contributed by atoms with E-state index in [-0.39, 0.29) is 30.8 Å². The molecule has 2 aliphatic heterocycles. The monoisotopic (exact) mass is 318 g/mol. The maximum absolute atomic E-state index is 12.2. The van der Waals surface area contributed by atoms with Gasteiger partial charge in [0.05, 0.1) is 5.75 Å². The minimum absolute atomic E-state index is 0.180. The van der Waals surface area contributed by atoms with E-state index in [2.05, 4.69) is 4.74 Å². The number of hydrogen-bond acceptors (Lipinski definition) is 7. The van der Waals surface area contributed by atoms with Crippen molar-refractivity contribution in [2.45, 2.75) is 6.92 Å². The van der Waals surface area contributed by atoms with E-state index in [1.165, 1.54) is 33.3 Å². The Hall–Kier alpha value is -1.06. The Bertz CT molecular complexity index is 491. The lowest BCUT2D eigenvalue weighted by molar-refractivity contribution is -0.138. The Balaban J connectivity index is 2.30. The molecule has 19 heavy (non-hydrogen) atoms. The number of hydrogen-bond donors (Lipinski definition) is 0. The van der Waals surface area contributed by atoms with Crippen LogP contribution in [0.4, 0.5) is 0 Å². The van der Waals surface area contributed by atoms with E-state index >= 15 is 0 Å². The highest BCUT2D eigenvalue weighted by Gasteiger charge is 2.39. The maximum Gasteiger partial charge on any atom is 0.294 e. The van der Waals surface area contributed by atoms with Crippen molar-refractivity contribution in [3.8, 4) is 0 Å². The molecule has 0 bridgehead atoms. The molecule has 9 heteroatoms. The highest BCUT2D eigenvalue weighted by molar-refractivity contribution is 8.27. The number of thioether (sulfide) groups is 2. The van der Waals surface area contributed by atoms with E-state index in [0.717, 1.165) is 0 Å². The first-order valence-corrected chi connectivity index (χ1v) is 7.57. The van der Waals surface area contributed by atoms with Gasteiger partial charge in [0.25, 0.3) is 12.4 Å². The zero-order valence-electron chi connectivity index (χ0n) is 9.95. The Morgan fingerprint density at radius 3 is 2.74 bits per heavy atom. The molecular formula is C10H10N2O4S3. The summed E-state index contributed by atoms with van der Waals surface area (Å²) in [4.78, 5) is 37.3. The van der Waals surface area contributed by atoms with Crippen LogP contribution in [0.1, 0.15) is 6.92 Å². The zero-order chi connectivity index (χ0) is 14.0. The maximum atomic E-state index is 12.2. The van der Waals surface area contributed by atoms with Crippen LogP contribution in [-0.4, -0.2) is 51.4 Å². The third-order valence-electron chi connectivity index (χ3n) is 2.51. The van der Waals surface area contributed by atoms with Crippen LogP contribution in [0.25, 0.3) is 0 Å². The molecule has 0 N–H and O–H groups in total. The molecule has 2 aliphatic rings. The summed E-state index contributed by atoms with van der Waals surface area (Å²) >= 11 is 7.55. The molecule has 0 radical (unpaired) electrons. The summed E-state index contributed by atoms with van der Waals surface area (Å²) in [5.74, 6) is -0.164. The zero-order valence-corrected chi connectivity index (χ0v) is 12.4. The second-order valence-electron chi connectivity index (χ2n) is 3.55. The van der Waals surface area contributed by atoms with Crippen molar-refractivity contribution in [1.29, 1.82) is 0 Å². The predicted molar refractivity (Wildman–Crippen MR) is 75.9 cm³/mol. The molecule has 2 amide bonds. The first-order chi connectivity index (χ1) is 9.10. The number of carbonyl (C=O) groups is 3. The summed E-state index contributed by atoms with van der Waals surface area (Å²) in [6, 6.07) is 0. The third kappa shape index (κ3) is 2.63. The average molecular weight is 318 g/mol. The van der Waals surface area contributed by atoms with Crippen molar-refractivity contribution < 1.29 is 19.1 Å². The van der Waals surface area contributed by atoms with Crippen molar-refractivity contribution in [3.05, 3.63) is 9.93 Å². The molecule has 0 atom stereocenters. The van der Waals surface area contributed by atoms with Gasteiger partial charge in [0.1, 0.15) is 14.3 Å². The van der Waals surface area contributed by atoms with Gasteiger partial charge in [-0.3, -0.25) is 24.2 Å². The topological polar surface area (TPSA) is 66.9 Å². The van der Waals surface area contributed by atoms with Gasteiger partial charge in [-0.2, -0.15) is 0 Å². The van der Waals surface area contributed by atoms with Crippen molar-refractivity contribution in [2.75, 3.05) is 19.0 Å². The molecule has 6 nitrogen and oxygen atoms in total. The average Bonchev–Trinajstić information content (AvgIpc) is 2.88. The Morgan fingerprint density at radius 2 is 2.16 bits per heavy atom. The van der Waals surface area contributed by atoms with Crippen LogP contribution in [-0.2, 0) is 19.1 Å². The van der Waals surface area contributed by atoms with Gasteiger partial charge in [-0.1, -0.05) is 35.7 Å². The minimum atomic E-state index is -0.203. The summed E-state index contributed by atoms with van der Waals surface area (Å²) < 4.78 is 5.08. The summed E-state index contributed by atoms with van der Waals surface area (Å²) in [6.07, 6.45) is 0. The highest BCUT2D eigenvalue weighted by atomic mass is 32.2. The highest BCUT2D eigenvalue weighted by Crippen LogP contribution is 2.41. The Labute approximate surface area is 123 Å². The van der Waals surface area contributed by atoms with Gasteiger partial charge in [-0.05, 0) is 6.92 Å². The van der Waals surface area contributed by atoms with E-state index < -0.39 is 0 Å². The van der Waals surface area contributed by atoms with Crippen LogP contribution in [0.15, 0.2) is 9.93 Å². The van der Waals surface area contributed by atoms with Gasteiger partial charge in [0, 0.05) is 6.54 Å². The van der Waals surface area contributed by atoms with Crippen LogP contribution >= 0.6 is 35.7 Å². The van der Waals surface area contributed by atoms with Crippen molar-refractivity contribution >= 4 is 58.3 Å². The van der Waals surface area contributed by atoms with E-state index in [0.29, 0.717) is 20.8 Å². The lowest BCUT2D eigenvalue weighted by atomic mass is 10.4. The lowest BCUT2D eigenvalue weighted by Gasteiger charge is -2.16. The largest absolute Gasteiger partial charge is 0.446 e. The van der Waals surface area contributed by atoms with Crippen molar-refractivity contribution in [1.82, 2.24) is 9.80 Å². The molecule has 0 aromatic heterocycles. The fraction of sp³-hybridized carbons (Fsp3) is 0.400. The molecule has 0 aromatic carbocycles. The SMILES string of the molecule is CCN1C(=O)C(=C2SCC(=O)N2COC=O)SC1=S. The molecule has 0 spiro atoms. The molecule has 0 unspecified atom stereocenters. The van der Waals surface area contributed by atoms with E-state index in [1.807, 2.05) is 6.92 Å². The Kier molecular flexibility index (Phi) is 4.48. The van der Waals surface area contributed by atoms with Crippen LogP contribution in [0.5, 0.6) is 0 Å². The van der Waals surface area contributed by atoms with E-state index in [1.54, 1.807) is 0 Å². The lowest BCUT2D eigenvalue weighted by Crippen LogP contribution is -2.30. The van der Waals surface area contributed by atoms with Crippen LogP contribution in [0.3, 0.4) is 0 Å². The standard InChI is InChI=1S/C10H10N2O4S3/c1-2-11-8(15)7(19-10(11)17)9-12(4-16-5-13)6(14)3-18-9/h5H,2-4H2,1H3. The second-order valence-corrected chi connectivity index (χ2v) is 6.16. The number of ether oxygens (including phenoxy) is 1. The molecule has 0 aromatic rings. The quantitative estimate of drug-likeness (QED) is 0.430. The first-order valence-electron chi connectivity index (χ1n) is 5.36. The number of carbonyl (C=O) groups excluding carboxylic acids is 3.